The number of carbonyl (C=O) groups is 1. The van der Waals surface area contributed by atoms with Crippen LogP contribution in [0, 0.1) is 13.8 Å². The number of hydrogen-bond donors (Lipinski definition) is 2. The van der Waals surface area contributed by atoms with E-state index in [1.54, 1.807) is 0 Å². The Hall–Kier alpha value is -1.82. The minimum atomic E-state index is -0.0373. The van der Waals surface area contributed by atoms with Gasteiger partial charge in [0.05, 0.1) is 5.75 Å². The molecule has 1 amide bonds. The third-order valence-corrected chi connectivity index (χ3v) is 4.28. The lowest BCUT2D eigenvalue weighted by Crippen LogP contribution is -2.15. The van der Waals surface area contributed by atoms with Gasteiger partial charge in [-0.1, -0.05) is 29.5 Å². The number of rotatable bonds is 5. The lowest BCUT2D eigenvalue weighted by atomic mass is 10.1. The zero-order valence-electron chi connectivity index (χ0n) is 12.1. The van der Waals surface area contributed by atoms with Crippen LogP contribution in [0.1, 0.15) is 35.7 Å². The van der Waals surface area contributed by atoms with Gasteiger partial charge >= 0.3 is 0 Å². The molecule has 1 aromatic carbocycles. The average Bonchev–Trinajstić information content (AvgIpc) is 3.19. The second-order valence-electron chi connectivity index (χ2n) is 5.43. The van der Waals surface area contributed by atoms with Crippen molar-refractivity contribution in [3.8, 4) is 0 Å². The van der Waals surface area contributed by atoms with Crippen molar-refractivity contribution in [3.63, 3.8) is 0 Å². The Morgan fingerprint density at radius 1 is 1.43 bits per heavy atom. The topological polar surface area (TPSA) is 70.7 Å². The van der Waals surface area contributed by atoms with Crippen LogP contribution in [0.25, 0.3) is 0 Å². The van der Waals surface area contributed by atoms with Crippen molar-refractivity contribution < 1.29 is 4.79 Å². The Labute approximate surface area is 127 Å². The molecule has 0 spiro atoms. The van der Waals surface area contributed by atoms with Crippen LogP contribution >= 0.6 is 11.8 Å². The number of nitrogens with one attached hydrogen (secondary N) is 2. The first-order chi connectivity index (χ1) is 10.1. The second-order valence-corrected chi connectivity index (χ2v) is 6.38. The number of carbonyl (C=O) groups excluding carboxylic acids is 1. The smallest absolute Gasteiger partial charge is 0.234 e. The number of aryl methyl sites for hydroxylation is 2. The van der Waals surface area contributed by atoms with E-state index in [1.165, 1.54) is 30.2 Å². The minimum absolute atomic E-state index is 0.0373. The zero-order chi connectivity index (χ0) is 14.8. The van der Waals surface area contributed by atoms with E-state index in [0.717, 1.165) is 17.1 Å². The number of amides is 1. The second kappa shape index (κ2) is 5.89. The minimum Gasteiger partial charge on any atom is -0.325 e. The molecule has 3 rings (SSSR count). The summed E-state index contributed by atoms with van der Waals surface area (Å²) < 4.78 is 0. The molecule has 0 atom stereocenters. The van der Waals surface area contributed by atoms with Crippen molar-refractivity contribution in [3.05, 3.63) is 35.2 Å². The van der Waals surface area contributed by atoms with Gasteiger partial charge in [-0.05, 0) is 38.3 Å². The van der Waals surface area contributed by atoms with E-state index < -0.39 is 0 Å². The summed E-state index contributed by atoms with van der Waals surface area (Å²) in [6, 6.07) is 5.98. The molecule has 0 unspecified atom stereocenters. The van der Waals surface area contributed by atoms with Crippen molar-refractivity contribution in [1.82, 2.24) is 15.2 Å². The molecule has 0 aliphatic heterocycles. The van der Waals surface area contributed by atoms with Gasteiger partial charge < -0.3 is 5.32 Å². The molecule has 1 heterocycles. The van der Waals surface area contributed by atoms with Gasteiger partial charge in [0.1, 0.15) is 5.82 Å². The molecule has 1 fully saturated rings. The number of thioether (sulfide) groups is 1. The first kappa shape index (κ1) is 14.1. The van der Waals surface area contributed by atoms with E-state index >= 15 is 0 Å². The van der Waals surface area contributed by atoms with Crippen LogP contribution in [0.5, 0.6) is 0 Å². The summed E-state index contributed by atoms with van der Waals surface area (Å²) >= 11 is 1.36. The molecule has 1 aliphatic rings. The van der Waals surface area contributed by atoms with Gasteiger partial charge in [0.25, 0.3) is 0 Å². The van der Waals surface area contributed by atoms with Gasteiger partial charge in [-0.15, -0.1) is 5.10 Å². The molecular weight excluding hydrogens is 284 g/mol. The largest absolute Gasteiger partial charge is 0.325 e. The summed E-state index contributed by atoms with van der Waals surface area (Å²) in [4.78, 5) is 16.4. The molecule has 5 nitrogen and oxygen atoms in total. The molecular formula is C15H18N4OS. The van der Waals surface area contributed by atoms with E-state index in [4.69, 9.17) is 0 Å². The van der Waals surface area contributed by atoms with Crippen molar-refractivity contribution in [1.29, 1.82) is 0 Å². The molecule has 2 aromatic rings. The fourth-order valence-electron chi connectivity index (χ4n) is 2.13. The Morgan fingerprint density at radius 2 is 2.24 bits per heavy atom. The number of aromatic nitrogens is 3. The summed E-state index contributed by atoms with van der Waals surface area (Å²) in [6.45, 7) is 4.03. The Morgan fingerprint density at radius 3 is 2.95 bits per heavy atom. The van der Waals surface area contributed by atoms with Gasteiger partial charge in [0.15, 0.2) is 0 Å². The summed E-state index contributed by atoms with van der Waals surface area (Å²) in [5.74, 6) is 1.78. The lowest BCUT2D eigenvalue weighted by molar-refractivity contribution is -0.113. The van der Waals surface area contributed by atoms with Crippen molar-refractivity contribution in [2.45, 2.75) is 37.8 Å². The van der Waals surface area contributed by atoms with Crippen LogP contribution in [0.3, 0.4) is 0 Å². The van der Waals surface area contributed by atoms with Crippen LogP contribution in [-0.2, 0) is 4.79 Å². The third-order valence-electron chi connectivity index (χ3n) is 3.43. The quantitative estimate of drug-likeness (QED) is 0.833. The monoisotopic (exact) mass is 302 g/mol. The highest BCUT2D eigenvalue weighted by Gasteiger charge is 2.27. The van der Waals surface area contributed by atoms with E-state index in [9.17, 15) is 4.79 Å². The number of anilines is 1. The summed E-state index contributed by atoms with van der Waals surface area (Å²) in [6.07, 6.45) is 2.37. The van der Waals surface area contributed by atoms with Crippen LogP contribution < -0.4 is 5.32 Å². The predicted molar refractivity (Wildman–Crippen MR) is 83.6 cm³/mol. The van der Waals surface area contributed by atoms with Crippen LogP contribution in [-0.4, -0.2) is 26.8 Å². The number of hydrogen-bond acceptors (Lipinski definition) is 4. The van der Waals surface area contributed by atoms with Gasteiger partial charge in [-0.3, -0.25) is 9.89 Å². The summed E-state index contributed by atoms with van der Waals surface area (Å²) in [5, 5.41) is 10.6. The fraction of sp³-hybridized carbons (Fsp3) is 0.400. The maximum absolute atomic E-state index is 12.0. The van der Waals surface area contributed by atoms with E-state index in [1.807, 2.05) is 26.0 Å². The van der Waals surface area contributed by atoms with E-state index in [-0.39, 0.29) is 5.91 Å². The SMILES string of the molecule is Cc1ccc(NC(=O)CSc2n[nH]c(C3CC3)n2)c(C)c1. The molecule has 110 valence electrons. The highest BCUT2D eigenvalue weighted by Crippen LogP contribution is 2.38. The first-order valence-electron chi connectivity index (χ1n) is 7.04. The van der Waals surface area contributed by atoms with Crippen molar-refractivity contribution in [2.24, 2.45) is 0 Å². The molecule has 1 aliphatic carbocycles. The van der Waals surface area contributed by atoms with Crippen molar-refractivity contribution >= 4 is 23.4 Å². The Kier molecular flexibility index (Phi) is 3.96. The summed E-state index contributed by atoms with van der Waals surface area (Å²) in [5.41, 5.74) is 3.12. The van der Waals surface area contributed by atoms with Gasteiger partial charge in [-0.25, -0.2) is 4.98 Å². The molecule has 6 heteroatoms. The zero-order valence-corrected chi connectivity index (χ0v) is 13.0. The van der Waals surface area contributed by atoms with E-state index in [0.29, 0.717) is 16.8 Å². The first-order valence-corrected chi connectivity index (χ1v) is 8.02. The number of H-pyrrole nitrogens is 1. The van der Waals surface area contributed by atoms with Gasteiger partial charge in [0.2, 0.25) is 11.1 Å². The molecule has 2 N–H and O–H groups in total. The standard InChI is InChI=1S/C15H18N4OS/c1-9-3-6-12(10(2)7-9)16-13(20)8-21-15-17-14(18-19-15)11-4-5-11/h3,6-7,11H,4-5,8H2,1-2H3,(H,16,20)(H,17,18,19). The van der Waals surface area contributed by atoms with Crippen LogP contribution in [0.4, 0.5) is 5.69 Å². The van der Waals surface area contributed by atoms with Crippen LogP contribution in [0.15, 0.2) is 23.4 Å². The van der Waals surface area contributed by atoms with E-state index in [2.05, 4.69) is 26.6 Å². The molecule has 0 saturated heterocycles. The molecule has 1 aromatic heterocycles. The molecule has 1 saturated carbocycles. The van der Waals surface area contributed by atoms with Gasteiger partial charge in [0, 0.05) is 11.6 Å². The number of benzene rings is 1. The highest BCUT2D eigenvalue weighted by atomic mass is 32.2. The van der Waals surface area contributed by atoms with Gasteiger partial charge in [-0.2, -0.15) is 0 Å². The molecule has 21 heavy (non-hydrogen) atoms. The molecule has 0 bridgehead atoms. The highest BCUT2D eigenvalue weighted by molar-refractivity contribution is 7.99. The maximum atomic E-state index is 12.0. The fourth-order valence-corrected chi connectivity index (χ4v) is 2.74. The maximum Gasteiger partial charge on any atom is 0.234 e. The molecule has 0 radical (unpaired) electrons. The number of nitrogens with zero attached hydrogens (tertiary/aromatic N) is 2. The normalized spacial score (nSPS) is 14.2. The predicted octanol–water partition coefficient (Wildman–Crippen LogP) is 3.03. The van der Waals surface area contributed by atoms with Crippen molar-refractivity contribution in [2.75, 3.05) is 11.1 Å². The summed E-state index contributed by atoms with van der Waals surface area (Å²) in [7, 11) is 0. The third kappa shape index (κ3) is 3.64. The number of aromatic amines is 1. The Balaban J connectivity index is 1.53. The van der Waals surface area contributed by atoms with Crippen LogP contribution in [0.2, 0.25) is 0 Å². The average molecular weight is 302 g/mol. The Bertz CT molecular complexity index is 663. The lowest BCUT2D eigenvalue weighted by Gasteiger charge is -2.08.